The highest BCUT2D eigenvalue weighted by Crippen LogP contribution is 2.17. The van der Waals surface area contributed by atoms with Gasteiger partial charge in [0.15, 0.2) is 0 Å². The molecule has 0 fully saturated rings. The number of benzene rings is 1. The lowest BCUT2D eigenvalue weighted by Gasteiger charge is -2.31. The number of carbonyl (C=O) groups excluding carboxylic acids is 2. The molecule has 5 nitrogen and oxygen atoms in total. The maximum Gasteiger partial charge on any atom is 0.247 e. The summed E-state index contributed by atoms with van der Waals surface area (Å²) < 4.78 is 0. The molecule has 0 atom stereocenters. The zero-order valence-corrected chi connectivity index (χ0v) is 14.4. The number of amides is 2. The van der Waals surface area contributed by atoms with Crippen LogP contribution in [0.1, 0.15) is 25.8 Å². The number of hydrogen-bond acceptors (Lipinski definition) is 3. The van der Waals surface area contributed by atoms with E-state index in [1.807, 2.05) is 45.0 Å². The monoisotopic (exact) mass is 305 g/mol. The van der Waals surface area contributed by atoms with Gasteiger partial charge in [-0.25, -0.2) is 0 Å². The average Bonchev–Trinajstić information content (AvgIpc) is 2.45. The Morgan fingerprint density at radius 1 is 1.09 bits per heavy atom. The van der Waals surface area contributed by atoms with Gasteiger partial charge in [0.1, 0.15) is 5.54 Å². The van der Waals surface area contributed by atoms with Crippen LogP contribution in [-0.4, -0.2) is 54.8 Å². The molecule has 0 saturated carbocycles. The van der Waals surface area contributed by atoms with Gasteiger partial charge in [-0.3, -0.25) is 9.59 Å². The van der Waals surface area contributed by atoms with Crippen LogP contribution in [0, 0.1) is 6.92 Å². The smallest absolute Gasteiger partial charge is 0.247 e. The van der Waals surface area contributed by atoms with Crippen molar-refractivity contribution in [3.05, 3.63) is 29.8 Å². The predicted octanol–water partition coefficient (Wildman–Crippen LogP) is 2.12. The maximum absolute atomic E-state index is 12.6. The van der Waals surface area contributed by atoms with Crippen molar-refractivity contribution in [1.82, 2.24) is 9.80 Å². The second-order valence-corrected chi connectivity index (χ2v) is 6.38. The molecule has 22 heavy (non-hydrogen) atoms. The summed E-state index contributed by atoms with van der Waals surface area (Å²) in [4.78, 5) is 27.3. The van der Waals surface area contributed by atoms with Crippen LogP contribution in [0.3, 0.4) is 0 Å². The van der Waals surface area contributed by atoms with Gasteiger partial charge in [-0.2, -0.15) is 0 Å². The van der Waals surface area contributed by atoms with Crippen LogP contribution in [0.15, 0.2) is 24.3 Å². The minimum Gasteiger partial charge on any atom is -0.372 e. The highest BCUT2D eigenvalue weighted by atomic mass is 16.2. The Balaban J connectivity index is 2.64. The van der Waals surface area contributed by atoms with Gasteiger partial charge in [-0.1, -0.05) is 17.7 Å². The minimum atomic E-state index is -0.731. The van der Waals surface area contributed by atoms with Crippen LogP contribution in [0.4, 0.5) is 5.69 Å². The first kappa shape index (κ1) is 18.0. The van der Waals surface area contributed by atoms with Gasteiger partial charge >= 0.3 is 0 Å². The van der Waals surface area contributed by atoms with Crippen LogP contribution in [-0.2, 0) is 9.59 Å². The summed E-state index contributed by atoms with van der Waals surface area (Å²) in [5.74, 6) is -0.0245. The molecule has 122 valence electrons. The van der Waals surface area contributed by atoms with Gasteiger partial charge in [-0.05, 0) is 32.9 Å². The van der Waals surface area contributed by atoms with E-state index < -0.39 is 5.54 Å². The zero-order chi connectivity index (χ0) is 16.9. The van der Waals surface area contributed by atoms with Gasteiger partial charge in [0, 0.05) is 39.8 Å². The van der Waals surface area contributed by atoms with Gasteiger partial charge < -0.3 is 15.1 Å². The normalized spacial score (nSPS) is 11.0. The topological polar surface area (TPSA) is 52.7 Å². The lowest BCUT2D eigenvalue weighted by molar-refractivity contribution is -0.135. The van der Waals surface area contributed by atoms with Crippen LogP contribution in [0.2, 0.25) is 0 Å². The molecule has 1 aromatic rings. The van der Waals surface area contributed by atoms with E-state index in [0.29, 0.717) is 13.0 Å². The Morgan fingerprint density at radius 3 is 2.14 bits per heavy atom. The fourth-order valence-electron chi connectivity index (χ4n) is 2.12. The molecule has 0 unspecified atom stereocenters. The number of likely N-dealkylation sites (N-methyl/N-ethyl adjacent to an activating group) is 1. The molecule has 0 saturated heterocycles. The molecule has 1 aromatic carbocycles. The molecular weight excluding hydrogens is 278 g/mol. The molecule has 0 radical (unpaired) electrons. The molecule has 1 N–H and O–H groups in total. The van der Waals surface area contributed by atoms with Crippen molar-refractivity contribution in [2.75, 3.05) is 33.0 Å². The molecule has 2 amide bonds. The molecule has 0 aliphatic carbocycles. The molecule has 5 heteroatoms. The van der Waals surface area contributed by atoms with Gasteiger partial charge in [-0.15, -0.1) is 0 Å². The van der Waals surface area contributed by atoms with Crippen LogP contribution >= 0.6 is 0 Å². The van der Waals surface area contributed by atoms with E-state index in [4.69, 9.17) is 0 Å². The zero-order valence-electron chi connectivity index (χ0n) is 14.4. The molecule has 0 heterocycles. The van der Waals surface area contributed by atoms with E-state index in [0.717, 1.165) is 5.69 Å². The quantitative estimate of drug-likeness (QED) is 0.876. The molecule has 0 bridgehead atoms. The van der Waals surface area contributed by atoms with Crippen LogP contribution < -0.4 is 5.32 Å². The van der Waals surface area contributed by atoms with Crippen LogP contribution in [0.25, 0.3) is 0 Å². The molecule has 0 spiro atoms. The summed E-state index contributed by atoms with van der Waals surface area (Å²) >= 11 is 0. The number of nitrogens with one attached hydrogen (secondary N) is 1. The van der Waals surface area contributed by atoms with E-state index in [1.165, 1.54) is 10.5 Å². The Kier molecular flexibility index (Phi) is 5.97. The van der Waals surface area contributed by atoms with Gasteiger partial charge in [0.25, 0.3) is 0 Å². The van der Waals surface area contributed by atoms with Crippen molar-refractivity contribution in [3.63, 3.8) is 0 Å². The summed E-state index contributed by atoms with van der Waals surface area (Å²) in [7, 11) is 5.16. The number of nitrogens with zero attached hydrogens (tertiary/aromatic N) is 2. The van der Waals surface area contributed by atoms with E-state index in [-0.39, 0.29) is 11.8 Å². The summed E-state index contributed by atoms with van der Waals surface area (Å²) in [6.45, 7) is 6.13. The summed E-state index contributed by atoms with van der Waals surface area (Å²) in [6.07, 6.45) is 0.329. The van der Waals surface area contributed by atoms with E-state index in [1.54, 1.807) is 26.0 Å². The average molecular weight is 305 g/mol. The number of aryl methyl sites for hydroxylation is 1. The number of rotatable bonds is 6. The third-order valence-corrected chi connectivity index (χ3v) is 3.55. The fraction of sp³-hybridized carbons (Fsp3) is 0.529. The van der Waals surface area contributed by atoms with Crippen LogP contribution in [0.5, 0.6) is 0 Å². The predicted molar refractivity (Wildman–Crippen MR) is 89.8 cm³/mol. The Bertz CT molecular complexity index is 521. The van der Waals surface area contributed by atoms with E-state index >= 15 is 0 Å². The lowest BCUT2D eigenvalue weighted by Crippen LogP contribution is -2.49. The first-order chi connectivity index (χ1) is 10.1. The van der Waals surface area contributed by atoms with Crippen molar-refractivity contribution in [1.29, 1.82) is 0 Å². The third kappa shape index (κ3) is 5.06. The van der Waals surface area contributed by atoms with Crippen molar-refractivity contribution >= 4 is 17.5 Å². The highest BCUT2D eigenvalue weighted by molar-refractivity contribution is 5.88. The molecule has 0 aromatic heterocycles. The van der Waals surface area contributed by atoms with Crippen molar-refractivity contribution in [3.8, 4) is 0 Å². The Morgan fingerprint density at radius 2 is 1.64 bits per heavy atom. The lowest BCUT2D eigenvalue weighted by atomic mass is 10.0. The number of carbonyl (C=O) groups is 2. The first-order valence-corrected chi connectivity index (χ1v) is 7.44. The van der Waals surface area contributed by atoms with Crippen molar-refractivity contribution < 1.29 is 9.59 Å². The van der Waals surface area contributed by atoms with Crippen molar-refractivity contribution in [2.24, 2.45) is 0 Å². The Labute approximate surface area is 133 Å². The fourth-order valence-corrected chi connectivity index (χ4v) is 2.12. The van der Waals surface area contributed by atoms with Crippen molar-refractivity contribution in [2.45, 2.75) is 32.7 Å². The first-order valence-electron chi connectivity index (χ1n) is 7.44. The Hall–Kier alpha value is -2.04. The van der Waals surface area contributed by atoms with E-state index in [2.05, 4.69) is 5.32 Å². The standard InChI is InChI=1S/C17H27N3O2/c1-13-7-9-14(10-8-13)18-17(2,3)16(22)20(6)12-11-15(21)19(4)5/h7-10,18H,11-12H2,1-6H3. The third-order valence-electron chi connectivity index (χ3n) is 3.55. The number of hydrogen-bond donors (Lipinski definition) is 1. The highest BCUT2D eigenvalue weighted by Gasteiger charge is 2.30. The maximum atomic E-state index is 12.6. The minimum absolute atomic E-state index is 0.0175. The molecular formula is C17H27N3O2. The number of anilines is 1. The largest absolute Gasteiger partial charge is 0.372 e. The molecule has 1 rings (SSSR count). The molecule has 0 aliphatic heterocycles. The molecule has 0 aliphatic rings. The second kappa shape index (κ2) is 7.29. The second-order valence-electron chi connectivity index (χ2n) is 6.38. The van der Waals surface area contributed by atoms with Gasteiger partial charge in [0.2, 0.25) is 11.8 Å². The summed E-state index contributed by atoms with van der Waals surface area (Å²) in [5.41, 5.74) is 1.35. The summed E-state index contributed by atoms with van der Waals surface area (Å²) in [6, 6.07) is 7.92. The summed E-state index contributed by atoms with van der Waals surface area (Å²) in [5, 5.41) is 3.25. The van der Waals surface area contributed by atoms with Gasteiger partial charge in [0.05, 0.1) is 0 Å². The van der Waals surface area contributed by atoms with E-state index in [9.17, 15) is 9.59 Å². The SMILES string of the molecule is Cc1ccc(NC(C)(C)C(=O)N(C)CCC(=O)N(C)C)cc1.